The van der Waals surface area contributed by atoms with Gasteiger partial charge in [-0.2, -0.15) is 0 Å². The number of alkyl halides is 1. The second-order valence-corrected chi connectivity index (χ2v) is 2.24. The second kappa shape index (κ2) is 2.27. The van der Waals surface area contributed by atoms with E-state index in [1.807, 2.05) is 0 Å². The zero-order chi connectivity index (χ0) is 7.02. The molecule has 1 fully saturated rings. The lowest BCUT2D eigenvalue weighted by molar-refractivity contribution is 0.0430. The summed E-state index contributed by atoms with van der Waals surface area (Å²) in [6.45, 7) is 1.59. The molecule has 2 radical (unpaired) electrons. The summed E-state index contributed by atoms with van der Waals surface area (Å²) in [7, 11) is 5.10. The Bertz CT molecular complexity index is 99.1. The molecule has 9 heavy (non-hydrogen) atoms. The normalized spacial score (nSPS) is 51.9. The number of hydrogen-bond acceptors (Lipinski definition) is 2. The maximum atomic E-state index is 12.5. The molecule has 0 saturated carbocycles. The smallest absolute Gasteiger partial charge is 0.146 e. The Morgan fingerprint density at radius 3 is 2.33 bits per heavy atom. The summed E-state index contributed by atoms with van der Waals surface area (Å²) in [6, 6.07) is -0.949. The Balaban J connectivity index is 2.54. The van der Waals surface area contributed by atoms with Gasteiger partial charge in [-0.3, -0.25) is 0 Å². The molecule has 0 aromatic carbocycles. The summed E-state index contributed by atoms with van der Waals surface area (Å²) in [4.78, 5) is 0. The zero-order valence-electron chi connectivity index (χ0n) is 5.12. The van der Waals surface area contributed by atoms with Crippen molar-refractivity contribution in [3.8, 4) is 0 Å². The molecule has 0 aliphatic carbocycles. The molecule has 0 amide bonds. The standard InChI is InChI=1S/C5H8BFO2/c1-2-4(8)3(7)5(6)9-2/h2-5,8H,1H3/t2-,3?,4?,5-/m1/s1. The van der Waals surface area contributed by atoms with Crippen molar-refractivity contribution in [1.82, 2.24) is 0 Å². The highest BCUT2D eigenvalue weighted by atomic mass is 19.1. The van der Waals surface area contributed by atoms with Crippen LogP contribution in [0.4, 0.5) is 4.39 Å². The topological polar surface area (TPSA) is 29.5 Å². The van der Waals surface area contributed by atoms with Crippen LogP contribution in [-0.4, -0.2) is 37.3 Å². The maximum absolute atomic E-state index is 12.5. The van der Waals surface area contributed by atoms with Gasteiger partial charge in [0.1, 0.15) is 20.1 Å². The molecule has 0 aromatic heterocycles. The van der Waals surface area contributed by atoms with E-state index >= 15 is 0 Å². The summed E-state index contributed by atoms with van der Waals surface area (Å²) in [5.41, 5.74) is 0. The molecule has 4 atom stereocenters. The fraction of sp³-hybridized carbons (Fsp3) is 1.00. The second-order valence-electron chi connectivity index (χ2n) is 2.24. The molecule has 1 aliphatic rings. The molecule has 1 N–H and O–H groups in total. The van der Waals surface area contributed by atoms with Crippen LogP contribution in [0.1, 0.15) is 6.92 Å². The third-order valence-electron chi connectivity index (χ3n) is 1.49. The van der Waals surface area contributed by atoms with Gasteiger partial charge in [-0.25, -0.2) is 4.39 Å². The Hall–Kier alpha value is -0.0851. The van der Waals surface area contributed by atoms with E-state index in [1.54, 1.807) is 6.92 Å². The molecule has 2 unspecified atom stereocenters. The van der Waals surface area contributed by atoms with Gasteiger partial charge in [-0.1, -0.05) is 0 Å². The molecule has 1 heterocycles. The zero-order valence-corrected chi connectivity index (χ0v) is 5.12. The number of hydrogen-bond donors (Lipinski definition) is 1. The fourth-order valence-electron chi connectivity index (χ4n) is 0.857. The van der Waals surface area contributed by atoms with Gasteiger partial charge in [-0.05, 0) is 6.92 Å². The van der Waals surface area contributed by atoms with Gasteiger partial charge in [0.05, 0.1) is 12.1 Å². The first-order chi connectivity index (χ1) is 4.13. The van der Waals surface area contributed by atoms with E-state index in [-0.39, 0.29) is 0 Å². The largest absolute Gasteiger partial charge is 0.387 e. The van der Waals surface area contributed by atoms with E-state index in [0.29, 0.717) is 0 Å². The fourth-order valence-corrected chi connectivity index (χ4v) is 0.857. The molecule has 1 saturated heterocycles. The van der Waals surface area contributed by atoms with Gasteiger partial charge < -0.3 is 9.84 Å². The number of aliphatic hydroxyl groups is 1. The van der Waals surface area contributed by atoms with Crippen molar-refractivity contribution in [2.45, 2.75) is 31.3 Å². The summed E-state index contributed by atoms with van der Waals surface area (Å²) in [5.74, 6) is 0. The van der Waals surface area contributed by atoms with Crippen LogP contribution in [0.15, 0.2) is 0 Å². The lowest BCUT2D eigenvalue weighted by Crippen LogP contribution is -2.27. The molecular formula is C5H8BFO2. The van der Waals surface area contributed by atoms with Crippen LogP contribution >= 0.6 is 0 Å². The molecule has 0 spiro atoms. The first kappa shape index (κ1) is 7.03. The van der Waals surface area contributed by atoms with Crippen molar-refractivity contribution < 1.29 is 14.2 Å². The highest BCUT2D eigenvalue weighted by Crippen LogP contribution is 2.20. The summed E-state index contributed by atoms with van der Waals surface area (Å²) in [5, 5.41) is 8.86. The highest BCUT2D eigenvalue weighted by molar-refractivity contribution is 6.11. The molecule has 0 aromatic rings. The van der Waals surface area contributed by atoms with E-state index in [9.17, 15) is 4.39 Å². The Kier molecular flexibility index (Phi) is 1.77. The molecule has 50 valence electrons. The quantitative estimate of drug-likeness (QED) is 0.452. The van der Waals surface area contributed by atoms with Gasteiger partial charge in [0.2, 0.25) is 0 Å². The van der Waals surface area contributed by atoms with Crippen molar-refractivity contribution >= 4 is 7.85 Å². The van der Waals surface area contributed by atoms with Gasteiger partial charge in [0, 0.05) is 0 Å². The highest BCUT2D eigenvalue weighted by Gasteiger charge is 2.38. The molecular weight excluding hydrogens is 122 g/mol. The first-order valence-electron chi connectivity index (χ1n) is 2.86. The Labute approximate surface area is 54.4 Å². The molecule has 2 nitrogen and oxygen atoms in total. The summed E-state index contributed by atoms with van der Waals surface area (Å²) in [6.07, 6.45) is -2.96. The van der Waals surface area contributed by atoms with Crippen molar-refractivity contribution in [1.29, 1.82) is 0 Å². The average Bonchev–Trinajstić information content (AvgIpc) is 1.98. The predicted octanol–water partition coefficient (Wildman–Crippen LogP) is -0.401. The number of ether oxygens (including phenoxy) is 1. The third kappa shape index (κ3) is 1.09. The van der Waals surface area contributed by atoms with E-state index < -0.39 is 24.4 Å². The van der Waals surface area contributed by atoms with Crippen molar-refractivity contribution in [2.24, 2.45) is 0 Å². The van der Waals surface area contributed by atoms with Crippen LogP contribution in [0.2, 0.25) is 0 Å². The number of rotatable bonds is 0. The van der Waals surface area contributed by atoms with Crippen LogP contribution < -0.4 is 0 Å². The monoisotopic (exact) mass is 130 g/mol. The minimum atomic E-state index is -1.43. The summed E-state index contributed by atoms with van der Waals surface area (Å²) < 4.78 is 17.2. The number of halogens is 1. The van der Waals surface area contributed by atoms with Crippen LogP contribution in [0.5, 0.6) is 0 Å². The van der Waals surface area contributed by atoms with Crippen LogP contribution in [0.3, 0.4) is 0 Å². The van der Waals surface area contributed by atoms with Crippen molar-refractivity contribution in [3.63, 3.8) is 0 Å². The predicted molar refractivity (Wildman–Crippen MR) is 31.0 cm³/mol. The third-order valence-corrected chi connectivity index (χ3v) is 1.49. The molecule has 0 bridgehead atoms. The van der Waals surface area contributed by atoms with Gasteiger partial charge in [0.15, 0.2) is 0 Å². The Morgan fingerprint density at radius 1 is 1.67 bits per heavy atom. The average molecular weight is 130 g/mol. The molecule has 1 rings (SSSR count). The molecule has 4 heteroatoms. The van der Waals surface area contributed by atoms with E-state index in [4.69, 9.17) is 17.7 Å². The van der Waals surface area contributed by atoms with Crippen molar-refractivity contribution in [3.05, 3.63) is 0 Å². The van der Waals surface area contributed by atoms with Crippen molar-refractivity contribution in [2.75, 3.05) is 0 Å². The Morgan fingerprint density at radius 2 is 2.22 bits per heavy atom. The maximum Gasteiger partial charge on any atom is 0.146 e. The van der Waals surface area contributed by atoms with Crippen LogP contribution in [-0.2, 0) is 4.74 Å². The lowest BCUT2D eigenvalue weighted by Gasteiger charge is -2.06. The van der Waals surface area contributed by atoms with Crippen LogP contribution in [0, 0.1) is 0 Å². The van der Waals surface area contributed by atoms with E-state index in [2.05, 4.69) is 0 Å². The van der Waals surface area contributed by atoms with Gasteiger partial charge in [0.25, 0.3) is 0 Å². The lowest BCUT2D eigenvalue weighted by atomic mass is 9.94. The minimum Gasteiger partial charge on any atom is -0.387 e. The van der Waals surface area contributed by atoms with Gasteiger partial charge in [-0.15, -0.1) is 0 Å². The van der Waals surface area contributed by atoms with Gasteiger partial charge >= 0.3 is 0 Å². The van der Waals surface area contributed by atoms with E-state index in [1.165, 1.54) is 0 Å². The SMILES string of the molecule is [B][C@@H]1O[C@H](C)C(O)C1F. The summed E-state index contributed by atoms with van der Waals surface area (Å²) >= 11 is 0. The van der Waals surface area contributed by atoms with E-state index in [0.717, 1.165) is 0 Å². The van der Waals surface area contributed by atoms with Crippen LogP contribution in [0.25, 0.3) is 0 Å². The number of aliphatic hydroxyl groups excluding tert-OH is 1. The minimum absolute atomic E-state index is 0.477. The molecule has 1 aliphatic heterocycles. The first-order valence-corrected chi connectivity index (χ1v) is 2.86.